The quantitative estimate of drug-likeness (QED) is 0.897. The summed E-state index contributed by atoms with van der Waals surface area (Å²) in [6, 6.07) is 7.18. The van der Waals surface area contributed by atoms with Crippen molar-refractivity contribution in [2.45, 2.75) is 12.8 Å². The topological polar surface area (TPSA) is 65.1 Å². The normalized spacial score (nSPS) is 18.3. The molecule has 25 heavy (non-hydrogen) atoms. The fourth-order valence-electron chi connectivity index (χ4n) is 3.24. The summed E-state index contributed by atoms with van der Waals surface area (Å²) in [6.07, 6.45) is 2.23. The number of ether oxygens (including phenoxy) is 1. The first kappa shape index (κ1) is 17.5. The lowest BCUT2D eigenvalue weighted by Gasteiger charge is -2.35. The summed E-state index contributed by atoms with van der Waals surface area (Å²) in [6.45, 7) is 4.98. The van der Waals surface area contributed by atoms with Gasteiger partial charge in [0.1, 0.15) is 5.75 Å². The summed E-state index contributed by atoms with van der Waals surface area (Å²) < 4.78 is 5.11. The number of likely N-dealkylation sites (tertiary alicyclic amines) is 1. The van der Waals surface area contributed by atoms with Gasteiger partial charge in [0.05, 0.1) is 13.7 Å². The highest BCUT2D eigenvalue weighted by Crippen LogP contribution is 2.16. The number of hydrogen-bond donors (Lipinski definition) is 1. The molecule has 1 N–H and O–H groups in total. The van der Waals surface area contributed by atoms with Crippen LogP contribution in [0.2, 0.25) is 0 Å². The smallest absolute Gasteiger partial charge is 0.321 e. The van der Waals surface area contributed by atoms with Gasteiger partial charge in [-0.15, -0.1) is 0 Å². The minimum Gasteiger partial charge on any atom is -0.497 e. The van der Waals surface area contributed by atoms with Gasteiger partial charge in [-0.3, -0.25) is 9.69 Å². The Bertz CT molecular complexity index is 591. The second-order valence-electron chi connectivity index (χ2n) is 6.51. The van der Waals surface area contributed by atoms with Crippen LogP contribution in [0.4, 0.5) is 10.5 Å². The first-order valence-corrected chi connectivity index (χ1v) is 8.86. The van der Waals surface area contributed by atoms with E-state index >= 15 is 0 Å². The van der Waals surface area contributed by atoms with E-state index in [2.05, 4.69) is 10.2 Å². The van der Waals surface area contributed by atoms with Crippen molar-refractivity contribution in [3.63, 3.8) is 0 Å². The number of hydrogen-bond acceptors (Lipinski definition) is 4. The van der Waals surface area contributed by atoms with E-state index in [9.17, 15) is 9.59 Å². The van der Waals surface area contributed by atoms with Gasteiger partial charge in [0.15, 0.2) is 0 Å². The Morgan fingerprint density at radius 3 is 2.20 bits per heavy atom. The Morgan fingerprint density at radius 1 is 0.960 bits per heavy atom. The number of nitrogens with one attached hydrogen (secondary N) is 1. The highest BCUT2D eigenvalue weighted by Gasteiger charge is 2.25. The Hall–Kier alpha value is -2.28. The van der Waals surface area contributed by atoms with Crippen molar-refractivity contribution < 1.29 is 14.3 Å². The van der Waals surface area contributed by atoms with Crippen molar-refractivity contribution in [1.82, 2.24) is 14.7 Å². The van der Waals surface area contributed by atoms with Crippen LogP contribution in [0.3, 0.4) is 0 Å². The molecule has 0 aromatic heterocycles. The first-order chi connectivity index (χ1) is 12.2. The molecule has 2 saturated heterocycles. The Labute approximate surface area is 148 Å². The van der Waals surface area contributed by atoms with Crippen molar-refractivity contribution in [1.29, 1.82) is 0 Å². The molecule has 7 nitrogen and oxygen atoms in total. The summed E-state index contributed by atoms with van der Waals surface area (Å²) in [5.41, 5.74) is 0.748. The molecule has 0 unspecified atom stereocenters. The van der Waals surface area contributed by atoms with E-state index in [-0.39, 0.29) is 11.9 Å². The third-order valence-electron chi connectivity index (χ3n) is 4.82. The lowest BCUT2D eigenvalue weighted by Crippen LogP contribution is -2.52. The van der Waals surface area contributed by atoms with Gasteiger partial charge in [-0.25, -0.2) is 4.79 Å². The van der Waals surface area contributed by atoms with E-state index in [4.69, 9.17) is 4.74 Å². The number of piperazine rings is 1. The molecular formula is C18H26N4O3. The van der Waals surface area contributed by atoms with Crippen molar-refractivity contribution in [2.75, 3.05) is 58.2 Å². The average molecular weight is 346 g/mol. The minimum absolute atomic E-state index is 0.101. The molecule has 136 valence electrons. The van der Waals surface area contributed by atoms with Gasteiger partial charge in [0.25, 0.3) is 0 Å². The van der Waals surface area contributed by atoms with Crippen LogP contribution >= 0.6 is 0 Å². The van der Waals surface area contributed by atoms with Crippen LogP contribution in [0.15, 0.2) is 24.3 Å². The second-order valence-corrected chi connectivity index (χ2v) is 6.51. The molecule has 0 aliphatic carbocycles. The molecule has 2 aliphatic rings. The number of benzene rings is 1. The van der Waals surface area contributed by atoms with E-state index in [1.807, 2.05) is 29.2 Å². The molecule has 3 amide bonds. The summed E-state index contributed by atoms with van der Waals surface area (Å²) in [5, 5.41) is 2.90. The third kappa shape index (κ3) is 4.63. The predicted molar refractivity (Wildman–Crippen MR) is 95.8 cm³/mol. The Balaban J connectivity index is 1.43. The molecule has 2 aliphatic heterocycles. The van der Waals surface area contributed by atoms with Gasteiger partial charge in [0, 0.05) is 45.0 Å². The molecule has 0 bridgehead atoms. The van der Waals surface area contributed by atoms with Gasteiger partial charge in [0.2, 0.25) is 5.91 Å². The molecule has 0 radical (unpaired) electrons. The van der Waals surface area contributed by atoms with Crippen molar-refractivity contribution >= 4 is 17.6 Å². The molecule has 3 rings (SSSR count). The number of nitrogens with zero attached hydrogens (tertiary/aromatic N) is 3. The zero-order valence-electron chi connectivity index (χ0n) is 14.7. The summed E-state index contributed by atoms with van der Waals surface area (Å²) in [5.74, 6) is 0.975. The van der Waals surface area contributed by atoms with Crippen LogP contribution in [0, 0.1) is 0 Å². The number of carbonyl (C=O) groups is 2. The zero-order valence-corrected chi connectivity index (χ0v) is 14.7. The van der Waals surface area contributed by atoms with Crippen LogP contribution in [0.25, 0.3) is 0 Å². The largest absolute Gasteiger partial charge is 0.497 e. The van der Waals surface area contributed by atoms with Gasteiger partial charge < -0.3 is 19.9 Å². The predicted octanol–water partition coefficient (Wildman–Crippen LogP) is 1.47. The molecule has 7 heteroatoms. The monoisotopic (exact) mass is 346 g/mol. The molecule has 1 aromatic rings. The first-order valence-electron chi connectivity index (χ1n) is 8.86. The molecular weight excluding hydrogens is 320 g/mol. The van der Waals surface area contributed by atoms with Gasteiger partial charge in [-0.2, -0.15) is 0 Å². The van der Waals surface area contributed by atoms with E-state index in [0.717, 1.165) is 50.5 Å². The molecule has 2 heterocycles. The Kier molecular flexibility index (Phi) is 5.75. The summed E-state index contributed by atoms with van der Waals surface area (Å²) in [4.78, 5) is 30.4. The van der Waals surface area contributed by atoms with E-state index < -0.39 is 0 Å². The average Bonchev–Trinajstić information content (AvgIpc) is 3.18. The highest BCUT2D eigenvalue weighted by atomic mass is 16.5. The van der Waals surface area contributed by atoms with E-state index in [1.165, 1.54) is 0 Å². The Morgan fingerprint density at radius 2 is 1.60 bits per heavy atom. The fourth-order valence-corrected chi connectivity index (χ4v) is 3.24. The zero-order chi connectivity index (χ0) is 17.6. The summed E-state index contributed by atoms with van der Waals surface area (Å²) in [7, 11) is 1.61. The lowest BCUT2D eigenvalue weighted by atomic mass is 10.3. The molecule has 2 fully saturated rings. The number of urea groups is 1. The fraction of sp³-hybridized carbons (Fsp3) is 0.556. The lowest BCUT2D eigenvalue weighted by molar-refractivity contribution is -0.131. The van der Waals surface area contributed by atoms with Crippen LogP contribution in [0.5, 0.6) is 5.75 Å². The molecule has 0 spiro atoms. The van der Waals surface area contributed by atoms with Crippen LogP contribution < -0.4 is 10.1 Å². The van der Waals surface area contributed by atoms with Crippen molar-refractivity contribution in [3.8, 4) is 5.75 Å². The van der Waals surface area contributed by atoms with Gasteiger partial charge in [-0.05, 0) is 37.1 Å². The van der Waals surface area contributed by atoms with Crippen LogP contribution in [-0.2, 0) is 4.79 Å². The van der Waals surface area contributed by atoms with Crippen molar-refractivity contribution in [3.05, 3.63) is 24.3 Å². The number of amides is 3. The molecule has 1 aromatic carbocycles. The van der Waals surface area contributed by atoms with E-state index in [0.29, 0.717) is 19.6 Å². The van der Waals surface area contributed by atoms with Crippen LogP contribution in [-0.4, -0.2) is 79.6 Å². The van der Waals surface area contributed by atoms with Gasteiger partial charge in [-0.1, -0.05) is 0 Å². The summed E-state index contributed by atoms with van der Waals surface area (Å²) >= 11 is 0. The highest BCUT2D eigenvalue weighted by molar-refractivity contribution is 5.89. The minimum atomic E-state index is -0.101. The second kappa shape index (κ2) is 8.20. The maximum absolute atomic E-state index is 12.3. The van der Waals surface area contributed by atoms with E-state index in [1.54, 1.807) is 12.0 Å². The number of methoxy groups -OCH3 is 1. The number of anilines is 1. The van der Waals surface area contributed by atoms with Crippen molar-refractivity contribution in [2.24, 2.45) is 0 Å². The van der Waals surface area contributed by atoms with Crippen LogP contribution in [0.1, 0.15) is 12.8 Å². The molecule has 0 saturated carbocycles. The molecule has 0 atom stereocenters. The van der Waals surface area contributed by atoms with Gasteiger partial charge >= 0.3 is 6.03 Å². The number of carbonyl (C=O) groups excluding carboxylic acids is 2. The number of rotatable bonds is 4. The standard InChI is InChI=1S/C18H26N4O3/c1-25-16-6-4-15(5-7-16)19-18(24)22-12-10-20(11-13-22)14-17(23)21-8-2-3-9-21/h4-7H,2-3,8-14H2,1H3,(H,19,24). The third-order valence-corrected chi connectivity index (χ3v) is 4.82. The SMILES string of the molecule is COc1ccc(NC(=O)N2CCN(CC(=O)N3CCCC3)CC2)cc1. The maximum atomic E-state index is 12.3. The maximum Gasteiger partial charge on any atom is 0.321 e.